The molecule has 2 aromatic rings. The van der Waals surface area contributed by atoms with Gasteiger partial charge in [-0.1, -0.05) is 30.3 Å². The Labute approximate surface area is 113 Å². The zero-order valence-corrected chi connectivity index (χ0v) is 11.3. The van der Waals surface area contributed by atoms with Crippen molar-refractivity contribution in [2.45, 2.75) is 13.3 Å². The number of hydrogen-bond acceptors (Lipinski definition) is 3. The molecule has 18 heavy (non-hydrogen) atoms. The second kappa shape index (κ2) is 5.84. The molecule has 0 fully saturated rings. The van der Waals surface area contributed by atoms with Crippen molar-refractivity contribution >= 4 is 21.6 Å². The van der Waals surface area contributed by atoms with Crippen molar-refractivity contribution in [3.05, 3.63) is 63.0 Å². The van der Waals surface area contributed by atoms with Gasteiger partial charge in [0.1, 0.15) is 6.73 Å². The lowest BCUT2D eigenvalue weighted by Crippen LogP contribution is -2.22. The molecule has 0 atom stereocenters. The van der Waals surface area contributed by atoms with E-state index in [1.165, 1.54) is 4.57 Å². The number of nitrogens with zero attached hydrogens (tertiary/aromatic N) is 1. The molecule has 1 heterocycles. The topological polar surface area (TPSA) is 57.2 Å². The average Bonchev–Trinajstić information content (AvgIpc) is 2.36. The molecule has 94 valence electrons. The average molecular weight is 309 g/mol. The Kier molecular flexibility index (Phi) is 4.17. The monoisotopic (exact) mass is 308 g/mol. The van der Waals surface area contributed by atoms with Gasteiger partial charge in [-0.05, 0) is 27.6 Å². The van der Waals surface area contributed by atoms with Gasteiger partial charge in [0, 0.05) is 11.9 Å². The van der Waals surface area contributed by atoms with Crippen LogP contribution in [0, 0.1) is 0 Å². The molecular formula is C13H13BrN2O2. The minimum atomic E-state index is -0.155. The predicted molar refractivity (Wildman–Crippen MR) is 74.0 cm³/mol. The zero-order chi connectivity index (χ0) is 13.0. The molecule has 2 N–H and O–H groups in total. The first kappa shape index (κ1) is 12.9. The molecule has 0 aliphatic heterocycles. The van der Waals surface area contributed by atoms with E-state index >= 15 is 0 Å². The van der Waals surface area contributed by atoms with Crippen LogP contribution in [-0.2, 0) is 18.1 Å². The van der Waals surface area contributed by atoms with Crippen molar-refractivity contribution in [3.63, 3.8) is 0 Å². The molecule has 0 bridgehead atoms. The molecule has 0 unspecified atom stereocenters. The molecule has 0 spiro atoms. The number of aromatic nitrogens is 1. The Morgan fingerprint density at radius 2 is 2.00 bits per heavy atom. The predicted octanol–water partition coefficient (Wildman–Crippen LogP) is 2.37. The summed E-state index contributed by atoms with van der Waals surface area (Å²) >= 11 is 3.16. The highest BCUT2D eigenvalue weighted by Gasteiger charge is 2.02. The Bertz CT molecular complexity index is 581. The second-order valence-electron chi connectivity index (χ2n) is 3.86. The summed E-state index contributed by atoms with van der Waals surface area (Å²) < 4.78 is 7.35. The molecular weight excluding hydrogens is 296 g/mol. The Morgan fingerprint density at radius 3 is 2.72 bits per heavy atom. The van der Waals surface area contributed by atoms with E-state index in [1.807, 2.05) is 30.3 Å². The Morgan fingerprint density at radius 1 is 1.28 bits per heavy atom. The highest BCUT2D eigenvalue weighted by Crippen LogP contribution is 2.08. The number of halogens is 1. The molecule has 1 aromatic heterocycles. The number of nitrogen functional groups attached to an aromatic ring is 1. The number of hydrogen-bond donors (Lipinski definition) is 1. The second-order valence-corrected chi connectivity index (χ2v) is 4.71. The molecule has 4 nitrogen and oxygen atoms in total. The standard InChI is InChI=1S/C13H13BrN2O2/c14-12-6-11(15)7-16(13(12)17)9-18-8-10-4-2-1-3-5-10/h1-7H,8-9,15H2. The number of rotatable bonds is 4. The number of pyridine rings is 1. The lowest BCUT2D eigenvalue weighted by Gasteiger charge is -2.08. The molecule has 1 aromatic carbocycles. The smallest absolute Gasteiger partial charge is 0.266 e. The highest BCUT2D eigenvalue weighted by atomic mass is 79.9. The van der Waals surface area contributed by atoms with E-state index in [2.05, 4.69) is 15.9 Å². The first-order valence-electron chi connectivity index (χ1n) is 5.44. The van der Waals surface area contributed by atoms with Crippen LogP contribution in [0.4, 0.5) is 5.69 Å². The van der Waals surface area contributed by atoms with Gasteiger partial charge in [0.2, 0.25) is 0 Å². The van der Waals surface area contributed by atoms with Gasteiger partial charge in [-0.15, -0.1) is 0 Å². The summed E-state index contributed by atoms with van der Waals surface area (Å²) in [6, 6.07) is 11.4. The molecule has 0 saturated carbocycles. The maximum Gasteiger partial charge on any atom is 0.266 e. The van der Waals surface area contributed by atoms with E-state index < -0.39 is 0 Å². The van der Waals surface area contributed by atoms with Crippen molar-refractivity contribution in [2.24, 2.45) is 0 Å². The van der Waals surface area contributed by atoms with Crippen molar-refractivity contribution in [1.29, 1.82) is 0 Å². The van der Waals surface area contributed by atoms with Crippen LogP contribution < -0.4 is 11.3 Å². The van der Waals surface area contributed by atoms with Crippen molar-refractivity contribution in [3.8, 4) is 0 Å². The molecule has 0 amide bonds. The van der Waals surface area contributed by atoms with E-state index in [0.717, 1.165) is 5.56 Å². The number of ether oxygens (including phenoxy) is 1. The maximum atomic E-state index is 11.7. The van der Waals surface area contributed by atoms with Gasteiger partial charge in [-0.2, -0.15) is 0 Å². The summed E-state index contributed by atoms with van der Waals surface area (Å²) in [4.78, 5) is 11.7. The fourth-order valence-corrected chi connectivity index (χ4v) is 2.05. The fourth-order valence-electron chi connectivity index (χ4n) is 1.55. The third-order valence-corrected chi connectivity index (χ3v) is 2.97. The van der Waals surface area contributed by atoms with Crippen LogP contribution in [0.15, 0.2) is 51.9 Å². The van der Waals surface area contributed by atoms with Gasteiger partial charge in [0.15, 0.2) is 0 Å². The van der Waals surface area contributed by atoms with Crippen LogP contribution >= 0.6 is 15.9 Å². The summed E-state index contributed by atoms with van der Waals surface area (Å²) in [5.74, 6) is 0. The minimum absolute atomic E-state index is 0.155. The van der Waals surface area contributed by atoms with Crippen LogP contribution in [0.3, 0.4) is 0 Å². The van der Waals surface area contributed by atoms with Crippen molar-refractivity contribution < 1.29 is 4.74 Å². The fraction of sp³-hybridized carbons (Fsp3) is 0.154. The van der Waals surface area contributed by atoms with Gasteiger partial charge >= 0.3 is 0 Å². The lowest BCUT2D eigenvalue weighted by atomic mass is 10.2. The molecule has 0 aliphatic carbocycles. The molecule has 5 heteroatoms. The first-order valence-corrected chi connectivity index (χ1v) is 6.23. The van der Waals surface area contributed by atoms with Crippen LogP contribution in [0.1, 0.15) is 5.56 Å². The number of anilines is 1. The van der Waals surface area contributed by atoms with Gasteiger partial charge < -0.3 is 10.5 Å². The quantitative estimate of drug-likeness (QED) is 0.943. The van der Waals surface area contributed by atoms with E-state index in [0.29, 0.717) is 16.8 Å². The van der Waals surface area contributed by atoms with Crippen molar-refractivity contribution in [1.82, 2.24) is 4.57 Å². The van der Waals surface area contributed by atoms with Crippen molar-refractivity contribution in [2.75, 3.05) is 5.73 Å². The van der Waals surface area contributed by atoms with Crippen LogP contribution in [0.5, 0.6) is 0 Å². The maximum absolute atomic E-state index is 11.7. The Hall–Kier alpha value is -1.59. The van der Waals surface area contributed by atoms with Crippen LogP contribution in [-0.4, -0.2) is 4.57 Å². The van der Waals surface area contributed by atoms with Gasteiger partial charge in [0.05, 0.1) is 11.1 Å². The lowest BCUT2D eigenvalue weighted by molar-refractivity contribution is 0.0617. The van der Waals surface area contributed by atoms with E-state index in [-0.39, 0.29) is 12.3 Å². The van der Waals surface area contributed by atoms with Crippen LogP contribution in [0.25, 0.3) is 0 Å². The third-order valence-electron chi connectivity index (χ3n) is 2.41. The van der Waals surface area contributed by atoms with Gasteiger partial charge in [0.25, 0.3) is 5.56 Å². The summed E-state index contributed by atoms with van der Waals surface area (Å²) in [6.45, 7) is 0.636. The third kappa shape index (κ3) is 3.21. The molecule has 2 rings (SSSR count). The highest BCUT2D eigenvalue weighted by molar-refractivity contribution is 9.10. The number of nitrogens with two attached hydrogens (primary N) is 1. The number of benzene rings is 1. The minimum Gasteiger partial charge on any atom is -0.398 e. The molecule has 0 aliphatic rings. The zero-order valence-electron chi connectivity index (χ0n) is 9.67. The van der Waals surface area contributed by atoms with E-state index in [1.54, 1.807) is 12.3 Å². The normalized spacial score (nSPS) is 10.5. The van der Waals surface area contributed by atoms with E-state index in [9.17, 15) is 4.79 Å². The molecule has 0 saturated heterocycles. The first-order chi connectivity index (χ1) is 8.66. The summed E-state index contributed by atoms with van der Waals surface area (Å²) in [7, 11) is 0. The summed E-state index contributed by atoms with van der Waals surface area (Å²) in [5.41, 5.74) is 7.09. The van der Waals surface area contributed by atoms with Gasteiger partial charge in [-0.3, -0.25) is 9.36 Å². The Balaban J connectivity index is 2.01. The summed E-state index contributed by atoms with van der Waals surface area (Å²) in [6.07, 6.45) is 1.57. The largest absolute Gasteiger partial charge is 0.398 e. The summed E-state index contributed by atoms with van der Waals surface area (Å²) in [5, 5.41) is 0. The molecule has 0 radical (unpaired) electrons. The van der Waals surface area contributed by atoms with E-state index in [4.69, 9.17) is 10.5 Å². The SMILES string of the molecule is Nc1cc(Br)c(=O)n(COCc2ccccc2)c1. The van der Waals surface area contributed by atoms with Gasteiger partial charge in [-0.25, -0.2) is 0 Å². The van der Waals surface area contributed by atoms with Crippen LogP contribution in [0.2, 0.25) is 0 Å².